The molecule has 9 heteroatoms. The number of ether oxygens (including phenoxy) is 2. The van der Waals surface area contributed by atoms with Crippen LogP contribution >= 0.6 is 0 Å². The van der Waals surface area contributed by atoms with Crippen LogP contribution in [0.25, 0.3) is 0 Å². The number of aliphatic carboxylic acids is 1. The fourth-order valence-electron chi connectivity index (χ4n) is 3.38. The number of fused-ring (bicyclic) bond motifs is 1. The lowest BCUT2D eigenvalue weighted by atomic mass is 9.98. The van der Waals surface area contributed by atoms with Gasteiger partial charge in [-0.05, 0) is 61.7 Å². The number of benzene rings is 2. The van der Waals surface area contributed by atoms with Crippen LogP contribution in [0.2, 0.25) is 0 Å². The second kappa shape index (κ2) is 9.07. The van der Waals surface area contributed by atoms with E-state index in [-0.39, 0.29) is 22.2 Å². The van der Waals surface area contributed by atoms with E-state index in [1.165, 1.54) is 34.6 Å². The molecule has 1 N–H and O–H groups in total. The first kappa shape index (κ1) is 22.8. The lowest BCUT2D eigenvalue weighted by Gasteiger charge is -2.21. The van der Waals surface area contributed by atoms with Gasteiger partial charge in [0.15, 0.2) is 17.3 Å². The number of sulfonamides is 1. The number of nitrogens with zero attached hydrogens (tertiary/aromatic N) is 1. The van der Waals surface area contributed by atoms with Crippen molar-refractivity contribution < 1.29 is 32.6 Å². The van der Waals surface area contributed by atoms with Crippen LogP contribution in [0.1, 0.15) is 48.2 Å². The van der Waals surface area contributed by atoms with Crippen molar-refractivity contribution in [2.75, 3.05) is 13.1 Å². The molecule has 2 aromatic carbocycles. The summed E-state index contributed by atoms with van der Waals surface area (Å²) in [5.41, 5.74) is 1.22. The zero-order valence-corrected chi connectivity index (χ0v) is 18.4. The summed E-state index contributed by atoms with van der Waals surface area (Å²) in [6.45, 7) is 6.42. The van der Waals surface area contributed by atoms with Crippen LogP contribution in [0.5, 0.6) is 11.5 Å². The molecule has 3 rings (SSSR count). The molecular weight excluding hydrogens is 422 g/mol. The Labute approximate surface area is 181 Å². The SMILES string of the molecule is CCCN(CCC)S(=O)(=O)c1ccc(C(=O)c2cc3c(cc2C)OC(C(=O)O)O3)cc1. The minimum Gasteiger partial charge on any atom is -0.476 e. The Bertz CT molecular complexity index is 1090. The van der Waals surface area contributed by atoms with Gasteiger partial charge in [-0.1, -0.05) is 13.8 Å². The van der Waals surface area contributed by atoms with E-state index in [9.17, 15) is 18.0 Å². The molecule has 1 aliphatic heterocycles. The summed E-state index contributed by atoms with van der Waals surface area (Å²) in [5.74, 6) is -1.16. The third kappa shape index (κ3) is 4.57. The third-order valence-electron chi connectivity index (χ3n) is 4.91. The zero-order valence-electron chi connectivity index (χ0n) is 17.6. The molecule has 0 bridgehead atoms. The summed E-state index contributed by atoms with van der Waals surface area (Å²) in [6, 6.07) is 8.83. The second-order valence-electron chi connectivity index (χ2n) is 7.28. The summed E-state index contributed by atoms with van der Waals surface area (Å²) in [7, 11) is -3.63. The zero-order chi connectivity index (χ0) is 22.8. The molecule has 8 nitrogen and oxygen atoms in total. The number of carbonyl (C=O) groups is 2. The fraction of sp³-hybridized carbons (Fsp3) is 0.364. The maximum atomic E-state index is 13.0. The van der Waals surface area contributed by atoms with Gasteiger partial charge in [0.05, 0.1) is 4.90 Å². The summed E-state index contributed by atoms with van der Waals surface area (Å²) >= 11 is 0. The van der Waals surface area contributed by atoms with Crippen LogP contribution in [-0.2, 0) is 14.8 Å². The van der Waals surface area contributed by atoms with E-state index < -0.39 is 22.3 Å². The molecule has 0 saturated carbocycles. The quantitative estimate of drug-likeness (QED) is 0.588. The van der Waals surface area contributed by atoms with Gasteiger partial charge in [-0.15, -0.1) is 0 Å². The van der Waals surface area contributed by atoms with Crippen LogP contribution in [0.3, 0.4) is 0 Å². The van der Waals surface area contributed by atoms with Gasteiger partial charge < -0.3 is 14.6 Å². The molecule has 1 heterocycles. The number of ketones is 1. The predicted octanol–water partition coefficient (Wildman–Crippen LogP) is 3.22. The van der Waals surface area contributed by atoms with Crippen molar-refractivity contribution in [2.45, 2.75) is 44.8 Å². The summed E-state index contributed by atoms with van der Waals surface area (Å²) in [6.07, 6.45) is -0.0254. The van der Waals surface area contributed by atoms with Crippen molar-refractivity contribution in [3.63, 3.8) is 0 Å². The average molecular weight is 448 g/mol. The lowest BCUT2D eigenvalue weighted by Crippen LogP contribution is -2.32. The minimum absolute atomic E-state index is 0.137. The first-order chi connectivity index (χ1) is 14.7. The largest absolute Gasteiger partial charge is 0.476 e. The van der Waals surface area contributed by atoms with Crippen LogP contribution in [0, 0.1) is 6.92 Å². The molecule has 0 aromatic heterocycles. The Balaban J connectivity index is 1.86. The Kier molecular flexibility index (Phi) is 6.66. The normalized spacial score (nSPS) is 15.3. The van der Waals surface area contributed by atoms with E-state index in [2.05, 4.69) is 0 Å². The molecule has 0 fully saturated rings. The summed E-state index contributed by atoms with van der Waals surface area (Å²) in [4.78, 5) is 24.2. The van der Waals surface area contributed by atoms with E-state index in [4.69, 9.17) is 14.6 Å². The summed E-state index contributed by atoms with van der Waals surface area (Å²) in [5, 5.41) is 9.04. The molecule has 0 aliphatic carbocycles. The number of aryl methyl sites for hydroxylation is 1. The van der Waals surface area contributed by atoms with Crippen LogP contribution in [0.4, 0.5) is 0 Å². The Hall–Kier alpha value is -2.91. The highest BCUT2D eigenvalue weighted by atomic mass is 32.2. The van der Waals surface area contributed by atoms with E-state index in [1.54, 1.807) is 13.0 Å². The van der Waals surface area contributed by atoms with Gasteiger partial charge in [-0.3, -0.25) is 4.79 Å². The highest BCUT2D eigenvalue weighted by molar-refractivity contribution is 7.89. The highest BCUT2D eigenvalue weighted by Crippen LogP contribution is 2.37. The van der Waals surface area contributed by atoms with Crippen molar-refractivity contribution in [2.24, 2.45) is 0 Å². The second-order valence-corrected chi connectivity index (χ2v) is 9.22. The van der Waals surface area contributed by atoms with E-state index in [0.29, 0.717) is 42.6 Å². The first-order valence-electron chi connectivity index (χ1n) is 10.0. The molecule has 31 heavy (non-hydrogen) atoms. The maximum Gasteiger partial charge on any atom is 0.387 e. The lowest BCUT2D eigenvalue weighted by molar-refractivity contribution is -0.154. The molecule has 1 atom stereocenters. The third-order valence-corrected chi connectivity index (χ3v) is 6.82. The predicted molar refractivity (Wildman–Crippen MR) is 113 cm³/mol. The molecule has 1 aliphatic rings. The minimum atomic E-state index is -3.63. The number of carboxylic acid groups (broad SMARTS) is 1. The molecule has 1 unspecified atom stereocenters. The first-order valence-corrected chi connectivity index (χ1v) is 11.5. The number of carbonyl (C=O) groups excluding carboxylic acids is 1. The van der Waals surface area contributed by atoms with Gasteiger partial charge in [0.2, 0.25) is 10.0 Å². The van der Waals surface area contributed by atoms with Gasteiger partial charge >= 0.3 is 12.3 Å². The Morgan fingerprint density at radius 2 is 1.55 bits per heavy atom. The Morgan fingerprint density at radius 3 is 2.06 bits per heavy atom. The molecule has 166 valence electrons. The fourth-order valence-corrected chi connectivity index (χ4v) is 5.00. The van der Waals surface area contributed by atoms with Crippen LogP contribution in [0.15, 0.2) is 41.3 Å². The summed E-state index contributed by atoms with van der Waals surface area (Å²) < 4.78 is 37.7. The standard InChI is InChI=1S/C22H25NO7S/c1-4-10-23(11-5-2)31(27,28)16-8-6-15(7-9-16)20(24)17-13-19-18(12-14(17)3)29-22(30-19)21(25)26/h6-9,12-13,22H,4-5,10-11H2,1-3H3,(H,25,26). The average Bonchev–Trinajstić information content (AvgIpc) is 3.16. The number of hydrogen-bond acceptors (Lipinski definition) is 6. The van der Waals surface area contributed by atoms with Crippen molar-refractivity contribution >= 4 is 21.8 Å². The van der Waals surface area contributed by atoms with E-state index >= 15 is 0 Å². The molecule has 0 amide bonds. The van der Waals surface area contributed by atoms with Crippen molar-refractivity contribution in [1.82, 2.24) is 4.31 Å². The highest BCUT2D eigenvalue weighted by Gasteiger charge is 2.32. The molecule has 0 radical (unpaired) electrons. The number of hydrogen-bond donors (Lipinski definition) is 1. The van der Waals surface area contributed by atoms with Crippen molar-refractivity contribution in [3.05, 3.63) is 53.1 Å². The topological polar surface area (TPSA) is 110 Å². The van der Waals surface area contributed by atoms with Crippen molar-refractivity contribution in [1.29, 1.82) is 0 Å². The van der Waals surface area contributed by atoms with Gasteiger partial charge in [0.1, 0.15) is 0 Å². The number of carboxylic acids is 1. The Morgan fingerprint density at radius 1 is 1.00 bits per heavy atom. The molecule has 2 aromatic rings. The van der Waals surface area contributed by atoms with Crippen molar-refractivity contribution in [3.8, 4) is 11.5 Å². The maximum absolute atomic E-state index is 13.0. The molecule has 0 spiro atoms. The number of rotatable bonds is 9. The van der Waals surface area contributed by atoms with Gasteiger partial charge in [0, 0.05) is 24.2 Å². The van der Waals surface area contributed by atoms with E-state index in [0.717, 1.165) is 0 Å². The van der Waals surface area contributed by atoms with Crippen LogP contribution in [-0.4, -0.2) is 49.0 Å². The molecular formula is C22H25NO7S. The van der Waals surface area contributed by atoms with Gasteiger partial charge in [-0.2, -0.15) is 4.31 Å². The van der Waals surface area contributed by atoms with Crippen LogP contribution < -0.4 is 9.47 Å². The van der Waals surface area contributed by atoms with Gasteiger partial charge in [0.25, 0.3) is 0 Å². The van der Waals surface area contributed by atoms with Gasteiger partial charge in [-0.25, -0.2) is 13.2 Å². The monoisotopic (exact) mass is 447 g/mol. The smallest absolute Gasteiger partial charge is 0.387 e. The van der Waals surface area contributed by atoms with E-state index in [1.807, 2.05) is 13.8 Å². The molecule has 0 saturated heterocycles.